The van der Waals surface area contributed by atoms with Crippen LogP contribution >= 0.6 is 0 Å². The second-order valence-electron chi connectivity index (χ2n) is 2.52. The number of hydrogen-bond donors (Lipinski definition) is 1. The Bertz CT molecular complexity index is 401. The number of halogens is 3. The summed E-state index contributed by atoms with van der Waals surface area (Å²) in [7, 11) is 0. The average Bonchev–Trinajstić information content (AvgIpc) is 2.14. The normalized spacial score (nSPS) is 11.9. The molecule has 0 saturated heterocycles. The minimum atomic E-state index is -4.75. The van der Waals surface area contributed by atoms with Crippen LogP contribution in [0.25, 0.3) is 0 Å². The first-order chi connectivity index (χ1) is 6.88. The molecule has 1 aromatic rings. The van der Waals surface area contributed by atoms with Crippen LogP contribution in [-0.2, 0) is 0 Å². The Balaban J connectivity index is 2.92. The lowest BCUT2D eigenvalue weighted by molar-refractivity contribution is -0.125. The molecule has 1 rings (SSSR count). The van der Waals surface area contributed by atoms with Gasteiger partial charge in [0.25, 0.3) is 0 Å². The molecule has 0 aromatic heterocycles. The van der Waals surface area contributed by atoms with E-state index >= 15 is 0 Å². The minimum Gasteiger partial charge on any atom is -0.478 e. The van der Waals surface area contributed by atoms with Crippen LogP contribution in [0.5, 0.6) is 0 Å². The fourth-order valence-electron chi connectivity index (χ4n) is 0.816. The molecule has 15 heavy (non-hydrogen) atoms. The van der Waals surface area contributed by atoms with Gasteiger partial charge in [-0.2, -0.15) is 0 Å². The van der Waals surface area contributed by atoms with Gasteiger partial charge in [0.15, 0.2) is 0 Å². The predicted octanol–water partition coefficient (Wildman–Crippen LogP) is 2.99. The second-order valence-corrected chi connectivity index (χ2v) is 2.52. The largest absolute Gasteiger partial charge is 0.521 e. The zero-order valence-electron chi connectivity index (χ0n) is 7.19. The van der Waals surface area contributed by atoms with Gasteiger partial charge in [-0.1, -0.05) is 11.2 Å². The Morgan fingerprint density at radius 3 is 2.53 bits per heavy atom. The molecule has 0 unspecified atom stereocenters. The summed E-state index contributed by atoms with van der Waals surface area (Å²) in [4.78, 5) is 10.5. The summed E-state index contributed by atoms with van der Waals surface area (Å²) in [5.41, 5.74) is -0.305. The smallest absolute Gasteiger partial charge is 0.478 e. The molecule has 0 aliphatic heterocycles. The summed E-state index contributed by atoms with van der Waals surface area (Å²) < 4.78 is 34.9. The van der Waals surface area contributed by atoms with Crippen LogP contribution in [0.3, 0.4) is 0 Å². The number of nitrogens with zero attached hydrogens (tertiary/aromatic N) is 2. The molecule has 4 nitrogen and oxygen atoms in total. The van der Waals surface area contributed by atoms with Crippen molar-refractivity contribution in [2.45, 2.75) is 6.30 Å². The van der Waals surface area contributed by atoms with Crippen LogP contribution < -0.4 is 0 Å². The Morgan fingerprint density at radius 1 is 1.33 bits per heavy atom. The maximum Gasteiger partial charge on any atom is 0.521 e. The third-order valence-corrected chi connectivity index (χ3v) is 1.37. The second kappa shape index (κ2) is 4.07. The van der Waals surface area contributed by atoms with E-state index in [4.69, 9.17) is 5.11 Å². The number of azo groups is 1. The van der Waals surface area contributed by atoms with Gasteiger partial charge in [0.1, 0.15) is 0 Å². The van der Waals surface area contributed by atoms with E-state index < -0.39 is 12.3 Å². The van der Waals surface area contributed by atoms with Gasteiger partial charge in [0.2, 0.25) is 0 Å². The molecule has 0 bridgehead atoms. The van der Waals surface area contributed by atoms with Crippen LogP contribution in [0.2, 0.25) is 0 Å². The van der Waals surface area contributed by atoms with Gasteiger partial charge in [0, 0.05) is 0 Å². The molecule has 0 heterocycles. The van der Waals surface area contributed by atoms with E-state index in [1.807, 2.05) is 0 Å². The third kappa shape index (κ3) is 3.75. The Kier molecular flexibility index (Phi) is 3.03. The highest BCUT2D eigenvalue weighted by Gasteiger charge is 2.26. The van der Waals surface area contributed by atoms with Gasteiger partial charge < -0.3 is 5.11 Å². The number of carboxylic acid groups (broad SMARTS) is 1. The highest BCUT2D eigenvalue weighted by molar-refractivity contribution is 5.88. The molecule has 0 aliphatic carbocycles. The summed E-state index contributed by atoms with van der Waals surface area (Å²) in [6.45, 7) is 0. The molecule has 0 atom stereocenters. The number of carbonyl (C=O) groups is 1. The lowest BCUT2D eigenvalue weighted by atomic mass is 10.2. The predicted molar refractivity (Wildman–Crippen MR) is 44.0 cm³/mol. The summed E-state index contributed by atoms with van der Waals surface area (Å²) in [6.07, 6.45) is -4.75. The molecule has 0 spiro atoms. The SMILES string of the molecule is O=C(O)c1cccc(N=NC(F)(F)F)c1. The van der Waals surface area contributed by atoms with Gasteiger partial charge in [-0.25, -0.2) is 4.79 Å². The summed E-state index contributed by atoms with van der Waals surface area (Å²) in [5.74, 6) is -1.24. The molecular formula is C8H5F3N2O2. The van der Waals surface area contributed by atoms with Crippen molar-refractivity contribution < 1.29 is 23.1 Å². The maximum absolute atomic E-state index is 11.6. The number of benzene rings is 1. The number of aromatic carboxylic acids is 1. The molecule has 0 saturated carbocycles. The average molecular weight is 218 g/mol. The van der Waals surface area contributed by atoms with E-state index in [2.05, 4.69) is 10.2 Å². The molecule has 80 valence electrons. The van der Waals surface area contributed by atoms with E-state index in [0.717, 1.165) is 6.07 Å². The Hall–Kier alpha value is -1.92. The van der Waals surface area contributed by atoms with E-state index in [1.165, 1.54) is 18.2 Å². The summed E-state index contributed by atoms with van der Waals surface area (Å²) in [6, 6.07) is 4.75. The lowest BCUT2D eigenvalue weighted by Gasteiger charge is -1.97. The van der Waals surface area contributed by atoms with E-state index in [9.17, 15) is 18.0 Å². The number of alkyl halides is 3. The fourth-order valence-corrected chi connectivity index (χ4v) is 0.816. The van der Waals surface area contributed by atoms with Gasteiger partial charge in [0.05, 0.1) is 11.3 Å². The zero-order chi connectivity index (χ0) is 11.5. The molecule has 0 radical (unpaired) electrons. The van der Waals surface area contributed by atoms with Gasteiger partial charge in [-0.3, -0.25) is 0 Å². The molecule has 0 aliphatic rings. The van der Waals surface area contributed by atoms with Crippen molar-refractivity contribution >= 4 is 11.7 Å². The van der Waals surface area contributed by atoms with Crippen LogP contribution in [0, 0.1) is 0 Å². The minimum absolute atomic E-state index is 0.145. The zero-order valence-corrected chi connectivity index (χ0v) is 7.19. The van der Waals surface area contributed by atoms with Gasteiger partial charge in [-0.15, -0.1) is 18.3 Å². The van der Waals surface area contributed by atoms with E-state index in [0.29, 0.717) is 0 Å². The topological polar surface area (TPSA) is 62.0 Å². The van der Waals surface area contributed by atoms with Crippen molar-refractivity contribution in [3.8, 4) is 0 Å². The monoisotopic (exact) mass is 218 g/mol. The first-order valence-electron chi connectivity index (χ1n) is 3.71. The maximum atomic E-state index is 11.6. The highest BCUT2D eigenvalue weighted by atomic mass is 19.4. The number of rotatable bonds is 2. The van der Waals surface area contributed by atoms with Crippen molar-refractivity contribution in [1.29, 1.82) is 0 Å². The van der Waals surface area contributed by atoms with Crippen molar-refractivity contribution in [1.82, 2.24) is 0 Å². The quantitative estimate of drug-likeness (QED) is 0.612. The molecule has 0 amide bonds. The fraction of sp³-hybridized carbons (Fsp3) is 0.125. The first-order valence-corrected chi connectivity index (χ1v) is 3.71. The van der Waals surface area contributed by atoms with Crippen LogP contribution in [0.4, 0.5) is 18.9 Å². The molecule has 7 heteroatoms. The van der Waals surface area contributed by atoms with Crippen molar-refractivity contribution in [3.05, 3.63) is 29.8 Å². The molecule has 1 aromatic carbocycles. The van der Waals surface area contributed by atoms with E-state index in [-0.39, 0.29) is 11.3 Å². The van der Waals surface area contributed by atoms with Gasteiger partial charge in [-0.05, 0) is 18.2 Å². The highest BCUT2D eigenvalue weighted by Crippen LogP contribution is 2.21. The standard InChI is InChI=1S/C8H5F3N2O2/c9-8(10,11)13-12-6-3-1-2-5(4-6)7(14)15/h1-4H,(H,14,15). The summed E-state index contributed by atoms with van der Waals surface area (Å²) in [5, 5.41) is 13.5. The first kappa shape index (κ1) is 11.2. The Labute approximate surface area is 82.1 Å². The van der Waals surface area contributed by atoms with Crippen LogP contribution in [-0.4, -0.2) is 17.4 Å². The van der Waals surface area contributed by atoms with Gasteiger partial charge >= 0.3 is 12.3 Å². The molecule has 0 fully saturated rings. The molecular weight excluding hydrogens is 213 g/mol. The van der Waals surface area contributed by atoms with Crippen molar-refractivity contribution in [2.24, 2.45) is 10.2 Å². The number of hydrogen-bond acceptors (Lipinski definition) is 3. The van der Waals surface area contributed by atoms with Crippen LogP contribution in [0.1, 0.15) is 10.4 Å². The lowest BCUT2D eigenvalue weighted by Crippen LogP contribution is -1.99. The Morgan fingerprint density at radius 2 is 2.00 bits per heavy atom. The van der Waals surface area contributed by atoms with Crippen molar-refractivity contribution in [3.63, 3.8) is 0 Å². The van der Waals surface area contributed by atoms with Crippen molar-refractivity contribution in [2.75, 3.05) is 0 Å². The van der Waals surface area contributed by atoms with E-state index in [1.54, 1.807) is 0 Å². The summed E-state index contributed by atoms with van der Waals surface area (Å²) >= 11 is 0. The molecule has 1 N–H and O–H groups in total. The number of carboxylic acids is 1. The third-order valence-electron chi connectivity index (χ3n) is 1.37. The van der Waals surface area contributed by atoms with Crippen LogP contribution in [0.15, 0.2) is 34.5 Å².